The third-order valence-electron chi connectivity index (χ3n) is 11.3. The Hall–Kier alpha value is -6.32. The third kappa shape index (κ3) is 22.4. The van der Waals surface area contributed by atoms with Gasteiger partial charge in [0, 0.05) is 13.0 Å². The summed E-state index contributed by atoms with van der Waals surface area (Å²) in [5.41, 5.74) is 23.7. The number of nitrogens with two attached hydrogens (primary N) is 4. The molecule has 26 heteroatoms. The lowest BCUT2D eigenvalue weighted by atomic mass is 10.00. The summed E-state index contributed by atoms with van der Waals surface area (Å²) in [5.74, 6) is -7.41. The summed E-state index contributed by atoms with van der Waals surface area (Å²) < 4.78 is 0. The highest BCUT2D eigenvalue weighted by atomic mass is 16.3. The molecule has 2 unspecified atom stereocenters. The molecule has 9 atom stereocenters. The maximum Gasteiger partial charge on any atom is 0.245 e. The molecule has 0 saturated carbocycles. The second-order valence-electron chi connectivity index (χ2n) is 17.8. The maximum atomic E-state index is 14.2. The summed E-state index contributed by atoms with van der Waals surface area (Å²) in [6, 6.07) is -0.751. The van der Waals surface area contributed by atoms with Crippen molar-refractivity contribution in [1.29, 1.82) is 0 Å². The number of likely N-dealkylation sites (N-methyl/N-ethyl adjacent to an activating group) is 1. The van der Waals surface area contributed by atoms with Gasteiger partial charge >= 0.3 is 0 Å². The van der Waals surface area contributed by atoms with Crippen molar-refractivity contribution in [3.05, 3.63) is 35.9 Å². The van der Waals surface area contributed by atoms with Crippen LogP contribution in [0.1, 0.15) is 78.2 Å². The Bertz CT molecular complexity index is 1940. The number of aliphatic hydroxyl groups is 1. The van der Waals surface area contributed by atoms with E-state index in [1.54, 1.807) is 51.1 Å². The van der Waals surface area contributed by atoms with Gasteiger partial charge in [0.1, 0.15) is 42.3 Å². The highest BCUT2D eigenvalue weighted by Gasteiger charge is 2.35. The maximum absolute atomic E-state index is 14.2. The molecule has 1 aromatic rings. The first-order chi connectivity index (χ1) is 34.3. The Kier molecular flexibility index (Phi) is 28.6. The highest BCUT2D eigenvalue weighted by Crippen LogP contribution is 2.10. The highest BCUT2D eigenvalue weighted by molar-refractivity contribution is 5.98. The van der Waals surface area contributed by atoms with Crippen LogP contribution in [0.25, 0.3) is 0 Å². The number of carbonyl (C=O) groups is 10. The first-order valence-corrected chi connectivity index (χ1v) is 24.5. The van der Waals surface area contributed by atoms with Crippen LogP contribution in [0.15, 0.2) is 30.3 Å². The van der Waals surface area contributed by atoms with Crippen LogP contribution >= 0.6 is 0 Å². The van der Waals surface area contributed by atoms with Crippen molar-refractivity contribution in [2.75, 3.05) is 52.4 Å². The zero-order valence-electron chi connectivity index (χ0n) is 41.8. The molecule has 1 fully saturated rings. The quantitative estimate of drug-likeness (QED) is 0.0311. The Balaban J connectivity index is 2.22. The minimum atomic E-state index is -1.34. The SMILES string of the molecule is CCNC(=O)C(NC(=O)[C@H](CCN)NC(=O)[C@H](CCN)NC(=O)[C@H](CC(C)C)NC(=O)[C@@H](Cc1ccccc1)NC(=O)[C@H](CCN)NC(=O)CNC(=O)[C@H](CCN)NC(=O)CNC(=O)[C@@H]1CCCN1)C(C)O. The van der Waals surface area contributed by atoms with Gasteiger partial charge in [0.25, 0.3) is 0 Å². The Morgan fingerprint density at radius 3 is 1.49 bits per heavy atom. The van der Waals surface area contributed by atoms with E-state index in [1.165, 1.54) is 6.92 Å². The van der Waals surface area contributed by atoms with Gasteiger partial charge in [-0.1, -0.05) is 44.2 Å². The molecular weight excluding hydrogens is 939 g/mol. The third-order valence-corrected chi connectivity index (χ3v) is 11.3. The van der Waals surface area contributed by atoms with E-state index < -0.39 is 114 Å². The summed E-state index contributed by atoms with van der Waals surface area (Å²) in [4.78, 5) is 133. The Morgan fingerprint density at radius 1 is 0.569 bits per heavy atom. The van der Waals surface area contributed by atoms with E-state index in [1.807, 2.05) is 0 Å². The monoisotopic (exact) mass is 1020 g/mol. The van der Waals surface area contributed by atoms with Crippen LogP contribution in [0.2, 0.25) is 0 Å². The average Bonchev–Trinajstić information content (AvgIpc) is 3.89. The molecule has 1 aromatic carbocycles. The van der Waals surface area contributed by atoms with Crippen molar-refractivity contribution in [1.82, 2.24) is 58.5 Å². The molecular formula is C46H79N15O11. The minimum absolute atomic E-state index is 0.00199. The van der Waals surface area contributed by atoms with Gasteiger partial charge in [0.05, 0.1) is 25.2 Å². The van der Waals surface area contributed by atoms with Gasteiger partial charge in [0.2, 0.25) is 59.1 Å². The smallest absolute Gasteiger partial charge is 0.245 e. The molecule has 0 aliphatic carbocycles. The summed E-state index contributed by atoms with van der Waals surface area (Å²) in [6.07, 6.45) is -0.0782. The molecule has 72 heavy (non-hydrogen) atoms. The van der Waals surface area contributed by atoms with E-state index >= 15 is 0 Å². The number of hydrogen-bond acceptors (Lipinski definition) is 16. The van der Waals surface area contributed by atoms with Gasteiger partial charge in [-0.15, -0.1) is 0 Å². The van der Waals surface area contributed by atoms with Crippen LogP contribution < -0.4 is 81.4 Å². The summed E-state index contributed by atoms with van der Waals surface area (Å²) in [5, 5.41) is 38.7. The number of hydrogen-bond donors (Lipinski definition) is 16. The number of carbonyl (C=O) groups excluding carboxylic acids is 10. The number of rotatable bonds is 33. The van der Waals surface area contributed by atoms with E-state index in [2.05, 4.69) is 58.5 Å². The topological polar surface area (TPSA) is 427 Å². The molecule has 2 rings (SSSR count). The number of benzene rings is 1. The molecule has 0 aromatic heterocycles. The van der Waals surface area contributed by atoms with Crippen molar-refractivity contribution in [3.8, 4) is 0 Å². The van der Waals surface area contributed by atoms with Crippen molar-refractivity contribution in [3.63, 3.8) is 0 Å². The van der Waals surface area contributed by atoms with Crippen LogP contribution in [-0.2, 0) is 54.4 Å². The molecule has 26 nitrogen and oxygen atoms in total. The molecule has 0 bridgehead atoms. The van der Waals surface area contributed by atoms with Crippen LogP contribution in [0, 0.1) is 5.92 Å². The summed E-state index contributed by atoms with van der Waals surface area (Å²) in [6.45, 7) is 6.25. The molecule has 1 saturated heterocycles. The molecule has 10 amide bonds. The normalized spacial score (nSPS) is 16.4. The number of amides is 10. The standard InChI is InChI=1S/C46H79N15O11/c1-5-51-46(72)38(27(4)62)61-43(69)33(16-20-50)57-42(68)32(15-19-49)58-44(70)34(22-26(2)3)59-45(71)35(23-28-10-7-6-8-11-28)60-41(67)31(14-18-48)56-37(64)25-54-40(66)30(13-17-47)55-36(63)24-53-39(65)29-12-9-21-52-29/h6-8,10-11,26-27,29-35,38,52,62H,5,9,12-25,47-50H2,1-4H3,(H,51,72)(H,53,65)(H,54,66)(H,55,63)(H,56,64)(H,57,68)(H,58,70)(H,59,71)(H,60,67)(H,61,69)/t27?,29-,30-,31-,32-,33-,34-,35+,38?/m0/s1. The Morgan fingerprint density at radius 2 is 1.01 bits per heavy atom. The van der Waals surface area contributed by atoms with Crippen LogP contribution in [0.4, 0.5) is 0 Å². The predicted molar refractivity (Wildman–Crippen MR) is 265 cm³/mol. The van der Waals surface area contributed by atoms with E-state index in [0.717, 1.165) is 6.42 Å². The fourth-order valence-corrected chi connectivity index (χ4v) is 7.52. The number of aliphatic hydroxyl groups excluding tert-OH is 1. The van der Waals surface area contributed by atoms with Crippen LogP contribution in [0.3, 0.4) is 0 Å². The van der Waals surface area contributed by atoms with Gasteiger partial charge in [-0.25, -0.2) is 0 Å². The predicted octanol–water partition coefficient (Wildman–Crippen LogP) is -6.43. The summed E-state index contributed by atoms with van der Waals surface area (Å²) in [7, 11) is 0. The van der Waals surface area contributed by atoms with Gasteiger partial charge in [0.15, 0.2) is 0 Å². The van der Waals surface area contributed by atoms with E-state index in [9.17, 15) is 53.1 Å². The second-order valence-corrected chi connectivity index (χ2v) is 17.8. The van der Waals surface area contributed by atoms with Gasteiger partial charge in [-0.3, -0.25) is 47.9 Å². The first kappa shape index (κ1) is 61.8. The fraction of sp³-hybridized carbons (Fsp3) is 0.652. The zero-order chi connectivity index (χ0) is 53.8. The molecule has 20 N–H and O–H groups in total. The molecule has 1 heterocycles. The second kappa shape index (κ2) is 33.4. The number of nitrogens with one attached hydrogen (secondary N) is 11. The molecule has 404 valence electrons. The molecule has 0 radical (unpaired) electrons. The van der Waals surface area contributed by atoms with Crippen molar-refractivity contribution < 1.29 is 53.1 Å². The summed E-state index contributed by atoms with van der Waals surface area (Å²) >= 11 is 0. The van der Waals surface area contributed by atoms with Gasteiger partial charge in [-0.2, -0.15) is 0 Å². The zero-order valence-corrected chi connectivity index (χ0v) is 41.8. The van der Waals surface area contributed by atoms with E-state index in [0.29, 0.717) is 18.5 Å². The van der Waals surface area contributed by atoms with Crippen molar-refractivity contribution in [2.45, 2.75) is 134 Å². The first-order valence-electron chi connectivity index (χ1n) is 24.5. The fourth-order valence-electron chi connectivity index (χ4n) is 7.52. The molecule has 1 aliphatic heterocycles. The lowest BCUT2D eigenvalue weighted by molar-refractivity contribution is -0.136. The van der Waals surface area contributed by atoms with Crippen LogP contribution in [0.5, 0.6) is 0 Å². The molecule has 1 aliphatic rings. The Labute approximate surface area is 420 Å². The van der Waals surface area contributed by atoms with Crippen LogP contribution in [-0.4, -0.2) is 171 Å². The largest absolute Gasteiger partial charge is 0.391 e. The van der Waals surface area contributed by atoms with Crippen molar-refractivity contribution in [2.24, 2.45) is 28.9 Å². The molecule has 0 spiro atoms. The minimum Gasteiger partial charge on any atom is -0.391 e. The van der Waals surface area contributed by atoms with Gasteiger partial charge in [-0.05, 0) is 103 Å². The van der Waals surface area contributed by atoms with E-state index in [-0.39, 0.29) is 89.6 Å². The van der Waals surface area contributed by atoms with Crippen molar-refractivity contribution >= 4 is 59.1 Å². The van der Waals surface area contributed by atoms with E-state index in [4.69, 9.17) is 22.9 Å². The lowest BCUT2D eigenvalue weighted by Crippen LogP contribution is -2.61. The van der Waals surface area contributed by atoms with Gasteiger partial charge < -0.3 is 86.5 Å². The average molecular weight is 1020 g/mol. The lowest BCUT2D eigenvalue weighted by Gasteiger charge is -2.28.